The zero-order valence-corrected chi connectivity index (χ0v) is 20.1. The number of hydrogen-bond donors (Lipinski definition) is 2. The molecule has 0 aliphatic carbocycles. The number of likely N-dealkylation sites (tertiary alicyclic amines) is 1. The van der Waals surface area contributed by atoms with E-state index in [1.807, 2.05) is 37.3 Å². The number of β-amino-alcohol motifs (C(OH)–C–C–N with tert-alkyl or cyclic N) is 1. The molecule has 0 amide bonds. The Morgan fingerprint density at radius 3 is 2.26 bits per heavy atom. The maximum absolute atomic E-state index is 13.1. The van der Waals surface area contributed by atoms with E-state index < -0.39 is 6.10 Å². The second kappa shape index (κ2) is 11.5. The first-order valence-corrected chi connectivity index (χ1v) is 12.1. The smallest absolute Gasteiger partial charge is 0.123 e. The van der Waals surface area contributed by atoms with Gasteiger partial charge >= 0.3 is 0 Å². The third-order valence-electron chi connectivity index (χ3n) is 6.79. The zero-order chi connectivity index (χ0) is 23.9. The maximum atomic E-state index is 13.1. The van der Waals surface area contributed by atoms with Crippen LogP contribution in [0.5, 0.6) is 5.75 Å². The lowest BCUT2D eigenvalue weighted by Gasteiger charge is -2.33. The standard InChI is InChI=1S/C29H35FN2O2/c1-21-17-28(34-2)11-12-29(21)31-19-27(33)20-32-15-13-25(14-16-32)24-7-3-22(4-8-24)18-23-5-9-26(30)10-6-23/h3-12,17,25,27,31,33H,13-16,18-20H2,1-2H3. The van der Waals surface area contributed by atoms with Gasteiger partial charge in [0.1, 0.15) is 11.6 Å². The van der Waals surface area contributed by atoms with Gasteiger partial charge in [0.25, 0.3) is 0 Å². The highest BCUT2D eigenvalue weighted by atomic mass is 19.1. The van der Waals surface area contributed by atoms with Gasteiger partial charge in [0, 0.05) is 18.8 Å². The summed E-state index contributed by atoms with van der Waals surface area (Å²) in [7, 11) is 1.67. The van der Waals surface area contributed by atoms with Crippen molar-refractivity contribution in [3.05, 3.63) is 94.8 Å². The number of aliphatic hydroxyl groups is 1. The van der Waals surface area contributed by atoms with E-state index in [1.54, 1.807) is 7.11 Å². The van der Waals surface area contributed by atoms with E-state index >= 15 is 0 Å². The largest absolute Gasteiger partial charge is 0.497 e. The minimum Gasteiger partial charge on any atom is -0.497 e. The second-order valence-corrected chi connectivity index (χ2v) is 9.34. The third kappa shape index (κ3) is 6.58. The molecule has 3 aromatic rings. The second-order valence-electron chi connectivity index (χ2n) is 9.34. The van der Waals surface area contributed by atoms with Crippen molar-refractivity contribution in [2.45, 2.75) is 38.2 Å². The van der Waals surface area contributed by atoms with Gasteiger partial charge in [0.2, 0.25) is 0 Å². The fraction of sp³-hybridized carbons (Fsp3) is 0.379. The monoisotopic (exact) mass is 462 g/mol. The molecule has 0 bridgehead atoms. The van der Waals surface area contributed by atoms with Crippen molar-refractivity contribution >= 4 is 5.69 Å². The average molecular weight is 463 g/mol. The lowest BCUT2D eigenvalue weighted by molar-refractivity contribution is 0.105. The van der Waals surface area contributed by atoms with Crippen molar-refractivity contribution in [3.8, 4) is 5.75 Å². The number of piperidine rings is 1. The van der Waals surface area contributed by atoms with Gasteiger partial charge in [-0.05, 0) is 97.8 Å². The summed E-state index contributed by atoms with van der Waals surface area (Å²) in [5.41, 5.74) is 5.89. The van der Waals surface area contributed by atoms with Gasteiger partial charge in [-0.1, -0.05) is 36.4 Å². The molecule has 0 aromatic heterocycles. The van der Waals surface area contributed by atoms with E-state index in [-0.39, 0.29) is 5.82 Å². The number of aliphatic hydroxyl groups excluding tert-OH is 1. The van der Waals surface area contributed by atoms with Gasteiger partial charge in [0.15, 0.2) is 0 Å². The van der Waals surface area contributed by atoms with Crippen LogP contribution in [-0.2, 0) is 6.42 Å². The van der Waals surface area contributed by atoms with Crippen LogP contribution in [0.4, 0.5) is 10.1 Å². The Morgan fingerprint density at radius 2 is 1.65 bits per heavy atom. The molecular formula is C29H35FN2O2. The average Bonchev–Trinajstić information content (AvgIpc) is 2.85. The SMILES string of the molecule is COc1ccc(NCC(O)CN2CCC(c3ccc(Cc4ccc(F)cc4)cc3)CC2)c(C)c1. The van der Waals surface area contributed by atoms with Gasteiger partial charge in [0.05, 0.1) is 13.2 Å². The van der Waals surface area contributed by atoms with Gasteiger partial charge in [-0.3, -0.25) is 0 Å². The van der Waals surface area contributed by atoms with Gasteiger partial charge in [-0.15, -0.1) is 0 Å². The molecule has 5 heteroatoms. The summed E-state index contributed by atoms with van der Waals surface area (Å²) < 4.78 is 18.4. The first-order valence-electron chi connectivity index (χ1n) is 12.1. The zero-order valence-electron chi connectivity index (χ0n) is 20.1. The predicted octanol–water partition coefficient (Wildman–Crippen LogP) is 5.39. The molecule has 1 heterocycles. The predicted molar refractivity (Wildman–Crippen MR) is 136 cm³/mol. The van der Waals surface area contributed by atoms with E-state index in [0.717, 1.165) is 54.9 Å². The van der Waals surface area contributed by atoms with Crippen molar-refractivity contribution < 1.29 is 14.2 Å². The highest BCUT2D eigenvalue weighted by Crippen LogP contribution is 2.29. The topological polar surface area (TPSA) is 44.7 Å². The summed E-state index contributed by atoms with van der Waals surface area (Å²) in [6.07, 6.45) is 2.62. The number of methoxy groups -OCH3 is 1. The summed E-state index contributed by atoms with van der Waals surface area (Å²) in [6, 6.07) is 21.5. The fourth-order valence-electron chi connectivity index (χ4n) is 4.75. The molecule has 4 rings (SSSR count). The summed E-state index contributed by atoms with van der Waals surface area (Å²) in [5, 5.41) is 13.9. The molecule has 1 aliphatic rings. The van der Waals surface area contributed by atoms with Crippen LogP contribution in [-0.4, -0.2) is 49.4 Å². The van der Waals surface area contributed by atoms with Crippen LogP contribution in [0.3, 0.4) is 0 Å². The number of aryl methyl sites for hydroxylation is 1. The van der Waals surface area contributed by atoms with Crippen molar-refractivity contribution in [2.75, 3.05) is 38.6 Å². The van der Waals surface area contributed by atoms with Gasteiger partial charge in [-0.25, -0.2) is 4.39 Å². The van der Waals surface area contributed by atoms with Crippen LogP contribution in [0.1, 0.15) is 41.0 Å². The van der Waals surface area contributed by atoms with Crippen molar-refractivity contribution in [1.82, 2.24) is 4.90 Å². The molecule has 4 nitrogen and oxygen atoms in total. The van der Waals surface area contributed by atoms with Crippen LogP contribution in [0, 0.1) is 12.7 Å². The normalized spacial score (nSPS) is 15.8. The van der Waals surface area contributed by atoms with Gasteiger partial charge in [-0.2, -0.15) is 0 Å². The minimum atomic E-state index is -0.413. The Bertz CT molecular complexity index is 1040. The highest BCUT2D eigenvalue weighted by Gasteiger charge is 2.22. The van der Waals surface area contributed by atoms with Crippen LogP contribution >= 0.6 is 0 Å². The molecule has 0 saturated carbocycles. The van der Waals surface area contributed by atoms with Crippen molar-refractivity contribution in [1.29, 1.82) is 0 Å². The Hall–Kier alpha value is -2.89. The van der Waals surface area contributed by atoms with Crippen LogP contribution in [0.15, 0.2) is 66.7 Å². The first kappa shape index (κ1) is 24.2. The van der Waals surface area contributed by atoms with E-state index in [9.17, 15) is 9.50 Å². The van der Waals surface area contributed by atoms with Gasteiger partial charge < -0.3 is 20.1 Å². The Morgan fingerprint density at radius 1 is 1.00 bits per heavy atom. The minimum absolute atomic E-state index is 0.193. The highest BCUT2D eigenvalue weighted by molar-refractivity contribution is 5.53. The Labute approximate surface area is 202 Å². The number of anilines is 1. The number of hydrogen-bond acceptors (Lipinski definition) is 4. The molecule has 1 aliphatic heterocycles. The molecule has 0 spiro atoms. The molecule has 2 N–H and O–H groups in total. The van der Waals surface area contributed by atoms with Crippen LogP contribution in [0.2, 0.25) is 0 Å². The van der Waals surface area contributed by atoms with Crippen molar-refractivity contribution in [3.63, 3.8) is 0 Å². The Balaban J connectivity index is 1.21. The lowest BCUT2D eigenvalue weighted by atomic mass is 9.88. The molecule has 180 valence electrons. The summed E-state index contributed by atoms with van der Waals surface area (Å²) in [5.74, 6) is 1.21. The maximum Gasteiger partial charge on any atom is 0.123 e. The number of ether oxygens (including phenoxy) is 1. The molecule has 34 heavy (non-hydrogen) atoms. The van der Waals surface area contributed by atoms with Crippen LogP contribution < -0.4 is 10.1 Å². The molecule has 1 fully saturated rings. The number of nitrogens with one attached hydrogen (secondary N) is 1. The van der Waals surface area contributed by atoms with Crippen molar-refractivity contribution in [2.24, 2.45) is 0 Å². The first-order chi connectivity index (χ1) is 16.5. The number of nitrogens with zero attached hydrogens (tertiary/aromatic N) is 1. The molecular weight excluding hydrogens is 427 g/mol. The van der Waals surface area contributed by atoms with Crippen LogP contribution in [0.25, 0.3) is 0 Å². The summed E-state index contributed by atoms with van der Waals surface area (Å²) in [4.78, 5) is 2.37. The summed E-state index contributed by atoms with van der Waals surface area (Å²) in [6.45, 7) is 5.26. The molecule has 3 aromatic carbocycles. The third-order valence-corrected chi connectivity index (χ3v) is 6.79. The Kier molecular flexibility index (Phi) is 8.20. The quantitative estimate of drug-likeness (QED) is 0.448. The van der Waals surface area contributed by atoms with E-state index in [4.69, 9.17) is 4.74 Å². The summed E-state index contributed by atoms with van der Waals surface area (Å²) >= 11 is 0. The molecule has 1 saturated heterocycles. The fourth-order valence-corrected chi connectivity index (χ4v) is 4.75. The van der Waals surface area contributed by atoms with E-state index in [2.05, 4.69) is 34.5 Å². The number of rotatable bonds is 9. The van der Waals surface area contributed by atoms with E-state index in [1.165, 1.54) is 23.3 Å². The molecule has 1 unspecified atom stereocenters. The number of benzene rings is 3. The molecule has 0 radical (unpaired) electrons. The molecule has 1 atom stereocenters. The van der Waals surface area contributed by atoms with E-state index in [0.29, 0.717) is 19.0 Å². The lowest BCUT2D eigenvalue weighted by Crippen LogP contribution is -2.40. The number of halogens is 1.